The van der Waals surface area contributed by atoms with Gasteiger partial charge in [-0.2, -0.15) is 10.4 Å². The maximum absolute atomic E-state index is 15.3. The highest BCUT2D eigenvalue weighted by molar-refractivity contribution is 9.10. The second-order valence-electron chi connectivity index (χ2n) is 6.36. The quantitative estimate of drug-likeness (QED) is 0.293. The minimum absolute atomic E-state index is 0.00198. The molecule has 2 aromatic carbocycles. The van der Waals surface area contributed by atoms with Gasteiger partial charge in [0, 0.05) is 23.0 Å². The van der Waals surface area contributed by atoms with Gasteiger partial charge in [-0.1, -0.05) is 17.7 Å². The third kappa shape index (κ3) is 3.99. The fourth-order valence-electron chi connectivity index (χ4n) is 3.08. The summed E-state index contributed by atoms with van der Waals surface area (Å²) in [4.78, 5) is 4.30. The van der Waals surface area contributed by atoms with E-state index < -0.39 is 5.82 Å². The summed E-state index contributed by atoms with van der Waals surface area (Å²) in [5.41, 5.74) is 2.00. The molecule has 0 aliphatic heterocycles. The molecule has 9 heteroatoms. The molecule has 0 saturated heterocycles. The molecule has 30 heavy (non-hydrogen) atoms. The van der Waals surface area contributed by atoms with Gasteiger partial charge in [0.25, 0.3) is 0 Å². The van der Waals surface area contributed by atoms with Crippen molar-refractivity contribution in [1.82, 2.24) is 14.8 Å². The van der Waals surface area contributed by atoms with Crippen molar-refractivity contribution in [2.75, 3.05) is 0 Å². The van der Waals surface area contributed by atoms with Gasteiger partial charge in [0.05, 0.1) is 21.8 Å². The smallest absolute Gasteiger partial charge is 0.177 e. The van der Waals surface area contributed by atoms with Gasteiger partial charge in [0.1, 0.15) is 11.8 Å². The lowest BCUT2D eigenvalue weighted by Gasteiger charge is -2.12. The fraction of sp³-hybridized carbons (Fsp3) is 0.0952. The first-order valence-electron chi connectivity index (χ1n) is 8.72. The molecule has 2 aromatic heterocycles. The van der Waals surface area contributed by atoms with Gasteiger partial charge in [-0.25, -0.2) is 14.1 Å². The maximum atomic E-state index is 15.3. The third-order valence-electron chi connectivity index (χ3n) is 4.40. The van der Waals surface area contributed by atoms with Crippen molar-refractivity contribution < 1.29 is 9.13 Å². The van der Waals surface area contributed by atoms with Crippen molar-refractivity contribution in [1.29, 1.82) is 5.26 Å². The molecule has 2 heterocycles. The number of hydrogen-bond acceptors (Lipinski definition) is 4. The molecule has 0 aliphatic carbocycles. The molecular weight excluding hydrogens is 494 g/mol. The molecule has 0 bridgehead atoms. The van der Waals surface area contributed by atoms with E-state index in [9.17, 15) is 0 Å². The highest BCUT2D eigenvalue weighted by Gasteiger charge is 2.18. The Hall–Kier alpha value is -2.66. The zero-order valence-electron chi connectivity index (χ0n) is 15.2. The van der Waals surface area contributed by atoms with E-state index in [0.29, 0.717) is 32.0 Å². The zero-order valence-corrected chi connectivity index (χ0v) is 18.3. The Morgan fingerprint density at radius 2 is 2.07 bits per heavy atom. The number of alkyl halides is 1. The SMILES string of the molecule is N#Cc1cc(Cl)cc(Oc2c(Br)ccc(Cc3nn(CCl)c4ncccc34)c2F)c1. The predicted molar refractivity (Wildman–Crippen MR) is 117 cm³/mol. The lowest BCUT2D eigenvalue weighted by Crippen LogP contribution is -2.00. The van der Waals surface area contributed by atoms with E-state index in [1.165, 1.54) is 18.2 Å². The predicted octanol–water partition coefficient (Wildman–Crippen LogP) is 6.44. The number of benzene rings is 2. The van der Waals surface area contributed by atoms with E-state index in [-0.39, 0.29) is 23.9 Å². The standard InChI is InChI=1S/C21H12BrCl2FN4O/c22-17-4-3-13(8-18-16-2-1-5-27-21(16)29(11-23)28-18)19(25)20(17)30-15-7-12(10-26)6-14(24)9-15/h1-7,9H,8,11H2. The number of aromatic nitrogens is 3. The molecule has 0 N–H and O–H groups in total. The Morgan fingerprint density at radius 3 is 2.83 bits per heavy atom. The van der Waals surface area contributed by atoms with Crippen LogP contribution in [0.2, 0.25) is 5.02 Å². The molecule has 5 nitrogen and oxygen atoms in total. The van der Waals surface area contributed by atoms with Crippen LogP contribution in [-0.4, -0.2) is 14.8 Å². The fourth-order valence-corrected chi connectivity index (χ4v) is 3.86. The second kappa shape index (κ2) is 8.60. The van der Waals surface area contributed by atoms with E-state index in [2.05, 4.69) is 26.0 Å². The maximum Gasteiger partial charge on any atom is 0.177 e. The Bertz CT molecular complexity index is 1300. The number of rotatable bonds is 5. The molecule has 0 aliphatic rings. The molecule has 0 spiro atoms. The number of pyridine rings is 1. The first-order valence-corrected chi connectivity index (χ1v) is 10.4. The largest absolute Gasteiger partial charge is 0.453 e. The van der Waals surface area contributed by atoms with Gasteiger partial charge in [-0.3, -0.25) is 0 Å². The second-order valence-corrected chi connectivity index (χ2v) is 7.89. The van der Waals surface area contributed by atoms with Crippen LogP contribution in [0.4, 0.5) is 4.39 Å². The minimum Gasteiger partial charge on any atom is -0.453 e. The number of ether oxygens (including phenoxy) is 1. The topological polar surface area (TPSA) is 63.7 Å². The summed E-state index contributed by atoms with van der Waals surface area (Å²) >= 11 is 15.3. The number of halogens is 4. The first kappa shape index (κ1) is 20.6. The van der Waals surface area contributed by atoms with Crippen molar-refractivity contribution in [2.24, 2.45) is 0 Å². The van der Waals surface area contributed by atoms with Crippen molar-refractivity contribution in [3.8, 4) is 17.6 Å². The van der Waals surface area contributed by atoms with E-state index in [1.54, 1.807) is 29.1 Å². The summed E-state index contributed by atoms with van der Waals surface area (Å²) in [5, 5.41) is 14.7. The highest BCUT2D eigenvalue weighted by atomic mass is 79.9. The summed E-state index contributed by atoms with van der Waals surface area (Å²) in [5.74, 6) is -0.282. The van der Waals surface area contributed by atoms with Crippen LogP contribution in [0.3, 0.4) is 0 Å². The monoisotopic (exact) mass is 504 g/mol. The van der Waals surface area contributed by atoms with Crippen LogP contribution in [0.15, 0.2) is 53.1 Å². The van der Waals surface area contributed by atoms with E-state index >= 15 is 4.39 Å². The van der Waals surface area contributed by atoms with Gasteiger partial charge < -0.3 is 4.74 Å². The number of fused-ring (bicyclic) bond motifs is 1. The van der Waals surface area contributed by atoms with Crippen molar-refractivity contribution >= 4 is 50.2 Å². The van der Waals surface area contributed by atoms with Gasteiger partial charge in [0.15, 0.2) is 17.2 Å². The molecule has 0 atom stereocenters. The Morgan fingerprint density at radius 1 is 1.23 bits per heavy atom. The number of nitriles is 1. The molecular formula is C21H12BrCl2FN4O. The number of nitrogens with zero attached hydrogens (tertiary/aromatic N) is 4. The zero-order chi connectivity index (χ0) is 21.3. The third-order valence-corrected chi connectivity index (χ3v) is 5.47. The van der Waals surface area contributed by atoms with Crippen molar-refractivity contribution in [3.05, 3.63) is 80.8 Å². The molecule has 0 radical (unpaired) electrons. The highest BCUT2D eigenvalue weighted by Crippen LogP contribution is 2.36. The molecule has 0 amide bonds. The van der Waals surface area contributed by atoms with Gasteiger partial charge in [-0.15, -0.1) is 11.6 Å². The Kier molecular flexibility index (Phi) is 5.91. The van der Waals surface area contributed by atoms with Crippen LogP contribution < -0.4 is 4.74 Å². The van der Waals surface area contributed by atoms with Crippen LogP contribution >= 0.6 is 39.1 Å². The number of hydrogen-bond donors (Lipinski definition) is 0. The summed E-state index contributed by atoms with van der Waals surface area (Å²) in [6.07, 6.45) is 1.88. The van der Waals surface area contributed by atoms with Crippen LogP contribution in [0.25, 0.3) is 11.0 Å². The Balaban J connectivity index is 1.72. The van der Waals surface area contributed by atoms with Crippen LogP contribution in [-0.2, 0) is 12.4 Å². The van der Waals surface area contributed by atoms with Gasteiger partial charge in [0.2, 0.25) is 0 Å². The normalized spacial score (nSPS) is 10.9. The van der Waals surface area contributed by atoms with Crippen molar-refractivity contribution in [3.63, 3.8) is 0 Å². The molecule has 0 unspecified atom stereocenters. The average Bonchev–Trinajstić information content (AvgIpc) is 3.10. The van der Waals surface area contributed by atoms with Gasteiger partial charge >= 0.3 is 0 Å². The summed E-state index contributed by atoms with van der Waals surface area (Å²) in [7, 11) is 0. The minimum atomic E-state index is -0.541. The Labute approximate surface area is 189 Å². The molecule has 0 fully saturated rings. The van der Waals surface area contributed by atoms with Crippen molar-refractivity contribution in [2.45, 2.75) is 12.4 Å². The van der Waals surface area contributed by atoms with E-state index in [4.69, 9.17) is 33.2 Å². The summed E-state index contributed by atoms with van der Waals surface area (Å²) < 4.78 is 23.1. The van der Waals surface area contributed by atoms with Crippen LogP contribution in [0.5, 0.6) is 11.5 Å². The first-order chi connectivity index (χ1) is 14.5. The van der Waals surface area contributed by atoms with Crippen LogP contribution in [0.1, 0.15) is 16.8 Å². The lowest BCUT2D eigenvalue weighted by atomic mass is 10.1. The lowest BCUT2D eigenvalue weighted by molar-refractivity contribution is 0.436. The molecule has 0 saturated carbocycles. The molecule has 150 valence electrons. The van der Waals surface area contributed by atoms with E-state index in [1.807, 2.05) is 12.1 Å². The molecule has 4 rings (SSSR count). The van der Waals surface area contributed by atoms with Gasteiger partial charge in [-0.05, 0) is 57.9 Å². The van der Waals surface area contributed by atoms with Crippen LogP contribution in [0, 0.1) is 17.1 Å². The summed E-state index contributed by atoms with van der Waals surface area (Å²) in [6.45, 7) is 0. The van der Waals surface area contributed by atoms with E-state index in [0.717, 1.165) is 5.39 Å². The average molecular weight is 506 g/mol. The molecule has 4 aromatic rings. The summed E-state index contributed by atoms with van der Waals surface area (Å²) in [6, 6.07) is 13.7.